The van der Waals surface area contributed by atoms with E-state index in [4.69, 9.17) is 4.98 Å². The van der Waals surface area contributed by atoms with Gasteiger partial charge in [-0.25, -0.2) is 4.98 Å². The van der Waals surface area contributed by atoms with Crippen molar-refractivity contribution >= 4 is 28.0 Å². The fourth-order valence-electron chi connectivity index (χ4n) is 3.08. The number of aryl methyl sites for hydroxylation is 1. The summed E-state index contributed by atoms with van der Waals surface area (Å²) in [6.07, 6.45) is 0. The molecule has 0 spiro atoms. The van der Waals surface area contributed by atoms with E-state index >= 15 is 0 Å². The maximum Gasteiger partial charge on any atom is 0.141 e. The number of benzene rings is 3. The summed E-state index contributed by atoms with van der Waals surface area (Å²) in [5, 5.41) is 9.75. The molecule has 1 heterocycles. The molecule has 3 nitrogen and oxygen atoms in total. The van der Waals surface area contributed by atoms with Crippen LogP contribution in [0.1, 0.15) is 11.1 Å². The topological polar surface area (TPSA) is 38.0 Å². The summed E-state index contributed by atoms with van der Waals surface area (Å²) in [5.74, 6) is 1.23. The van der Waals surface area contributed by atoms with Crippen LogP contribution in [0.5, 0.6) is 5.75 Å². The summed E-state index contributed by atoms with van der Waals surface area (Å²) in [6.45, 7) is 2.75. The number of aromatic hydroxyl groups is 1. The molecule has 126 valence electrons. The fourth-order valence-corrected chi connectivity index (χ4v) is 3.08. The van der Waals surface area contributed by atoms with E-state index < -0.39 is 0 Å². The standard InChI is InChI=1S/C21H18N2O.BrH/c1-15-6-4-8-17(12-15)21-22-19-10-2-3-11-20(19)23(21)14-16-7-5-9-18(24)13-16;/h2-13,24H,14H2,1H3;1H. The highest BCUT2D eigenvalue weighted by molar-refractivity contribution is 8.93. The zero-order valence-electron chi connectivity index (χ0n) is 13.9. The van der Waals surface area contributed by atoms with Gasteiger partial charge in [-0.05, 0) is 42.8 Å². The van der Waals surface area contributed by atoms with Crippen LogP contribution < -0.4 is 0 Å². The summed E-state index contributed by atoms with van der Waals surface area (Å²) in [6, 6.07) is 23.9. The molecule has 0 saturated carbocycles. The van der Waals surface area contributed by atoms with E-state index in [0.29, 0.717) is 6.54 Å². The largest absolute Gasteiger partial charge is 0.508 e. The van der Waals surface area contributed by atoms with Crippen molar-refractivity contribution in [2.24, 2.45) is 0 Å². The summed E-state index contributed by atoms with van der Waals surface area (Å²) in [7, 11) is 0. The van der Waals surface area contributed by atoms with E-state index in [1.54, 1.807) is 12.1 Å². The SMILES string of the molecule is Br.Cc1cccc(-c2nc3ccccc3n2Cc2cccc(O)c2)c1. The van der Waals surface area contributed by atoms with Crippen LogP contribution in [-0.2, 0) is 6.54 Å². The third-order valence-electron chi connectivity index (χ3n) is 4.18. The summed E-state index contributed by atoms with van der Waals surface area (Å²) in [4.78, 5) is 4.84. The van der Waals surface area contributed by atoms with Gasteiger partial charge in [-0.15, -0.1) is 17.0 Å². The van der Waals surface area contributed by atoms with Gasteiger partial charge < -0.3 is 9.67 Å². The lowest BCUT2D eigenvalue weighted by atomic mass is 10.1. The molecule has 0 unspecified atom stereocenters. The van der Waals surface area contributed by atoms with E-state index in [2.05, 4.69) is 41.8 Å². The van der Waals surface area contributed by atoms with Gasteiger partial charge in [-0.3, -0.25) is 0 Å². The van der Waals surface area contributed by atoms with Crippen LogP contribution in [0.25, 0.3) is 22.4 Å². The van der Waals surface area contributed by atoms with Crippen LogP contribution in [0.2, 0.25) is 0 Å². The normalized spacial score (nSPS) is 10.6. The third kappa shape index (κ3) is 3.44. The molecular weight excluding hydrogens is 376 g/mol. The first-order valence-electron chi connectivity index (χ1n) is 8.01. The molecule has 1 aromatic heterocycles. The highest BCUT2D eigenvalue weighted by Gasteiger charge is 2.13. The van der Waals surface area contributed by atoms with E-state index in [0.717, 1.165) is 28.0 Å². The van der Waals surface area contributed by atoms with Crippen LogP contribution in [0, 0.1) is 6.92 Å². The van der Waals surface area contributed by atoms with Crippen molar-refractivity contribution in [2.75, 3.05) is 0 Å². The molecule has 0 aliphatic carbocycles. The molecule has 4 heteroatoms. The van der Waals surface area contributed by atoms with Gasteiger partial charge in [0.05, 0.1) is 11.0 Å². The first-order chi connectivity index (χ1) is 11.7. The quantitative estimate of drug-likeness (QED) is 0.508. The molecule has 4 aromatic rings. The van der Waals surface area contributed by atoms with Gasteiger partial charge in [0, 0.05) is 12.1 Å². The van der Waals surface area contributed by atoms with Crippen LogP contribution in [0.15, 0.2) is 72.8 Å². The summed E-state index contributed by atoms with van der Waals surface area (Å²) >= 11 is 0. The predicted octanol–water partition coefficient (Wildman–Crippen LogP) is 5.34. The van der Waals surface area contributed by atoms with E-state index in [-0.39, 0.29) is 22.7 Å². The second-order valence-electron chi connectivity index (χ2n) is 6.05. The average Bonchev–Trinajstić information content (AvgIpc) is 2.94. The minimum Gasteiger partial charge on any atom is -0.508 e. The predicted molar refractivity (Wildman–Crippen MR) is 107 cm³/mol. The Morgan fingerprint density at radius 2 is 1.72 bits per heavy atom. The van der Waals surface area contributed by atoms with Crippen molar-refractivity contribution in [3.05, 3.63) is 83.9 Å². The van der Waals surface area contributed by atoms with Gasteiger partial charge in [0.1, 0.15) is 11.6 Å². The third-order valence-corrected chi connectivity index (χ3v) is 4.18. The van der Waals surface area contributed by atoms with E-state index in [9.17, 15) is 5.11 Å². The first-order valence-corrected chi connectivity index (χ1v) is 8.01. The summed E-state index contributed by atoms with van der Waals surface area (Å²) < 4.78 is 2.21. The fraction of sp³-hybridized carbons (Fsp3) is 0.0952. The summed E-state index contributed by atoms with van der Waals surface area (Å²) in [5.41, 5.74) is 5.44. The van der Waals surface area contributed by atoms with E-state index in [1.165, 1.54) is 5.56 Å². The van der Waals surface area contributed by atoms with E-state index in [1.807, 2.05) is 30.3 Å². The van der Waals surface area contributed by atoms with Crippen LogP contribution in [0.3, 0.4) is 0 Å². The first kappa shape index (κ1) is 17.2. The van der Waals surface area contributed by atoms with Gasteiger partial charge in [0.2, 0.25) is 0 Å². The van der Waals surface area contributed by atoms with Crippen molar-refractivity contribution < 1.29 is 5.11 Å². The number of hydrogen-bond acceptors (Lipinski definition) is 2. The van der Waals surface area contributed by atoms with Crippen LogP contribution >= 0.6 is 17.0 Å². The van der Waals surface area contributed by atoms with Crippen molar-refractivity contribution in [1.29, 1.82) is 0 Å². The molecular formula is C21H19BrN2O. The number of rotatable bonds is 3. The molecule has 0 aliphatic heterocycles. The number of hydrogen-bond donors (Lipinski definition) is 1. The highest BCUT2D eigenvalue weighted by Crippen LogP contribution is 2.27. The Balaban J connectivity index is 0.00000182. The molecule has 0 bridgehead atoms. The number of fused-ring (bicyclic) bond motifs is 1. The minimum atomic E-state index is 0. The number of nitrogens with zero attached hydrogens (tertiary/aromatic N) is 2. The van der Waals surface area contributed by atoms with Gasteiger partial charge in [-0.2, -0.15) is 0 Å². The minimum absolute atomic E-state index is 0. The highest BCUT2D eigenvalue weighted by atomic mass is 79.9. The second-order valence-corrected chi connectivity index (χ2v) is 6.05. The number of para-hydroxylation sites is 2. The zero-order valence-corrected chi connectivity index (χ0v) is 15.6. The maximum atomic E-state index is 9.75. The maximum absolute atomic E-state index is 9.75. The number of halogens is 1. The number of phenols is 1. The molecule has 0 aliphatic rings. The number of imidazole rings is 1. The lowest BCUT2D eigenvalue weighted by molar-refractivity contribution is 0.474. The van der Waals surface area contributed by atoms with Crippen LogP contribution in [-0.4, -0.2) is 14.7 Å². The second kappa shape index (κ2) is 7.11. The smallest absolute Gasteiger partial charge is 0.141 e. The number of phenolic OH excluding ortho intramolecular Hbond substituents is 1. The van der Waals surface area contributed by atoms with Crippen molar-refractivity contribution in [3.63, 3.8) is 0 Å². The molecule has 4 rings (SSSR count). The molecule has 0 amide bonds. The van der Waals surface area contributed by atoms with Crippen LogP contribution in [0.4, 0.5) is 0 Å². The molecule has 0 atom stereocenters. The van der Waals surface area contributed by atoms with Crippen molar-refractivity contribution in [2.45, 2.75) is 13.5 Å². The molecule has 25 heavy (non-hydrogen) atoms. The Labute approximate surface area is 157 Å². The lowest BCUT2D eigenvalue weighted by Gasteiger charge is -2.10. The molecule has 3 aromatic carbocycles. The average molecular weight is 395 g/mol. The van der Waals surface area contributed by atoms with Crippen molar-refractivity contribution in [3.8, 4) is 17.1 Å². The lowest BCUT2D eigenvalue weighted by Crippen LogP contribution is -2.02. The molecule has 1 N–H and O–H groups in total. The molecule has 0 saturated heterocycles. The zero-order chi connectivity index (χ0) is 16.5. The Bertz CT molecular complexity index is 1020. The van der Waals surface area contributed by atoms with Gasteiger partial charge in [0.25, 0.3) is 0 Å². The van der Waals surface area contributed by atoms with Gasteiger partial charge in [-0.1, -0.05) is 48.0 Å². The Hall–Kier alpha value is -2.59. The molecule has 0 radical (unpaired) electrons. The van der Waals surface area contributed by atoms with Gasteiger partial charge >= 0.3 is 0 Å². The van der Waals surface area contributed by atoms with Crippen molar-refractivity contribution in [1.82, 2.24) is 9.55 Å². The Morgan fingerprint density at radius 3 is 2.52 bits per heavy atom. The number of aromatic nitrogens is 2. The monoisotopic (exact) mass is 394 g/mol. The Kier molecular flexibility index (Phi) is 4.91. The Morgan fingerprint density at radius 1 is 0.920 bits per heavy atom. The molecule has 0 fully saturated rings. The van der Waals surface area contributed by atoms with Gasteiger partial charge in [0.15, 0.2) is 0 Å².